The van der Waals surface area contributed by atoms with Gasteiger partial charge in [-0.2, -0.15) is 0 Å². The normalized spacial score (nSPS) is 10.3. The van der Waals surface area contributed by atoms with Crippen molar-refractivity contribution in [2.24, 2.45) is 0 Å². The molecule has 0 fully saturated rings. The summed E-state index contributed by atoms with van der Waals surface area (Å²) in [5.74, 6) is -0.284. The minimum Gasteiger partial charge on any atom is -0.383 e. The van der Waals surface area contributed by atoms with E-state index < -0.39 is 0 Å². The summed E-state index contributed by atoms with van der Waals surface area (Å²) >= 11 is 3.42. The van der Waals surface area contributed by atoms with Gasteiger partial charge in [-0.3, -0.25) is 9.59 Å². The van der Waals surface area contributed by atoms with E-state index in [0.29, 0.717) is 18.7 Å². The maximum atomic E-state index is 12.7. The van der Waals surface area contributed by atoms with E-state index in [4.69, 9.17) is 4.74 Å². The molecule has 0 atom stereocenters. The summed E-state index contributed by atoms with van der Waals surface area (Å²) in [5, 5.41) is 0. The van der Waals surface area contributed by atoms with Crippen molar-refractivity contribution in [2.45, 2.75) is 6.92 Å². The Morgan fingerprint density at radius 2 is 1.95 bits per heavy atom. The fraction of sp³-hybridized carbons (Fsp3) is 0.467. The molecule has 0 saturated heterocycles. The summed E-state index contributed by atoms with van der Waals surface area (Å²) in [6.45, 7) is 2.68. The molecular weight excluding hydrogens is 336 g/mol. The molecule has 0 aliphatic heterocycles. The van der Waals surface area contributed by atoms with Gasteiger partial charge in [0, 0.05) is 37.8 Å². The van der Waals surface area contributed by atoms with Gasteiger partial charge in [-0.25, -0.2) is 0 Å². The second-order valence-electron chi connectivity index (χ2n) is 4.92. The van der Waals surface area contributed by atoms with Crippen molar-refractivity contribution in [3.05, 3.63) is 33.8 Å². The van der Waals surface area contributed by atoms with Crippen molar-refractivity contribution < 1.29 is 14.3 Å². The Hall–Kier alpha value is -1.40. The van der Waals surface area contributed by atoms with E-state index >= 15 is 0 Å². The van der Waals surface area contributed by atoms with Crippen LogP contribution in [0.2, 0.25) is 0 Å². The molecule has 21 heavy (non-hydrogen) atoms. The molecule has 5 nitrogen and oxygen atoms in total. The van der Waals surface area contributed by atoms with Gasteiger partial charge in [0.05, 0.1) is 6.61 Å². The van der Waals surface area contributed by atoms with Crippen molar-refractivity contribution in [3.63, 3.8) is 0 Å². The Bertz CT molecular complexity index is 518. The number of ether oxygens (including phenoxy) is 1. The van der Waals surface area contributed by atoms with Gasteiger partial charge >= 0.3 is 0 Å². The molecule has 0 bridgehead atoms. The van der Waals surface area contributed by atoms with Gasteiger partial charge in [0.2, 0.25) is 5.91 Å². The number of likely N-dealkylation sites (N-methyl/N-ethyl adjacent to an activating group) is 1. The standard InChI is InChI=1S/C15H21BrN2O3/c1-11-12(6-5-7-13(11)16)15(20)18(8-9-21-4)10-14(19)17(2)3/h5-7H,8-10H2,1-4H3. The number of carbonyl (C=O) groups is 2. The Morgan fingerprint density at radius 3 is 2.52 bits per heavy atom. The highest BCUT2D eigenvalue weighted by Gasteiger charge is 2.21. The SMILES string of the molecule is COCCN(CC(=O)N(C)C)C(=O)c1cccc(Br)c1C. The molecule has 0 aromatic heterocycles. The molecule has 0 heterocycles. The third-order valence-electron chi connectivity index (χ3n) is 3.18. The van der Waals surface area contributed by atoms with Crippen LogP contribution in [-0.2, 0) is 9.53 Å². The number of benzene rings is 1. The molecule has 1 aromatic rings. The van der Waals surface area contributed by atoms with Gasteiger partial charge in [-0.15, -0.1) is 0 Å². The van der Waals surface area contributed by atoms with E-state index in [1.54, 1.807) is 27.3 Å². The Morgan fingerprint density at radius 1 is 1.29 bits per heavy atom. The van der Waals surface area contributed by atoms with Gasteiger partial charge in [0.15, 0.2) is 0 Å². The summed E-state index contributed by atoms with van der Waals surface area (Å²) in [6, 6.07) is 5.46. The maximum Gasteiger partial charge on any atom is 0.254 e. The monoisotopic (exact) mass is 356 g/mol. The molecular formula is C15H21BrN2O3. The lowest BCUT2D eigenvalue weighted by Crippen LogP contribution is -2.42. The van der Waals surface area contributed by atoms with Crippen LogP contribution < -0.4 is 0 Å². The van der Waals surface area contributed by atoms with Crippen LogP contribution in [0.1, 0.15) is 15.9 Å². The number of carbonyl (C=O) groups excluding carboxylic acids is 2. The van der Waals surface area contributed by atoms with Gasteiger partial charge in [0.1, 0.15) is 6.54 Å². The zero-order chi connectivity index (χ0) is 16.0. The van der Waals surface area contributed by atoms with Gasteiger partial charge in [0.25, 0.3) is 5.91 Å². The minimum absolute atomic E-state index is 0.0428. The molecule has 0 N–H and O–H groups in total. The van der Waals surface area contributed by atoms with E-state index in [1.165, 1.54) is 9.80 Å². The van der Waals surface area contributed by atoms with Crippen LogP contribution >= 0.6 is 15.9 Å². The summed E-state index contributed by atoms with van der Waals surface area (Å²) < 4.78 is 5.90. The number of hydrogen-bond acceptors (Lipinski definition) is 3. The van der Waals surface area contributed by atoms with Crippen LogP contribution in [0.4, 0.5) is 0 Å². The first-order valence-electron chi connectivity index (χ1n) is 6.62. The van der Waals surface area contributed by atoms with Crippen molar-refractivity contribution in [2.75, 3.05) is 40.9 Å². The molecule has 0 saturated carbocycles. The molecule has 116 valence electrons. The van der Waals surface area contributed by atoms with Crippen molar-refractivity contribution in [3.8, 4) is 0 Å². The number of amides is 2. The molecule has 0 aliphatic carbocycles. The highest BCUT2D eigenvalue weighted by atomic mass is 79.9. The summed E-state index contributed by atoms with van der Waals surface area (Å²) in [6.07, 6.45) is 0. The van der Waals surface area contributed by atoms with Crippen molar-refractivity contribution >= 4 is 27.7 Å². The molecule has 2 amide bonds. The van der Waals surface area contributed by atoms with E-state index in [1.807, 2.05) is 19.1 Å². The smallest absolute Gasteiger partial charge is 0.254 e. The lowest BCUT2D eigenvalue weighted by atomic mass is 10.1. The van der Waals surface area contributed by atoms with E-state index in [2.05, 4.69) is 15.9 Å². The number of halogens is 1. The second-order valence-corrected chi connectivity index (χ2v) is 5.77. The average molecular weight is 357 g/mol. The fourth-order valence-corrected chi connectivity index (χ4v) is 2.13. The average Bonchev–Trinajstić information content (AvgIpc) is 2.45. The largest absolute Gasteiger partial charge is 0.383 e. The summed E-state index contributed by atoms with van der Waals surface area (Å²) in [7, 11) is 4.91. The van der Waals surface area contributed by atoms with Crippen molar-refractivity contribution in [1.82, 2.24) is 9.80 Å². The van der Waals surface area contributed by atoms with E-state index in [9.17, 15) is 9.59 Å². The molecule has 1 rings (SSSR count). The van der Waals surface area contributed by atoms with Gasteiger partial charge < -0.3 is 14.5 Å². The predicted octanol–water partition coefficient (Wildman–Crippen LogP) is 1.93. The zero-order valence-electron chi connectivity index (χ0n) is 12.9. The molecule has 0 radical (unpaired) electrons. The quantitative estimate of drug-likeness (QED) is 0.782. The molecule has 0 spiro atoms. The second kappa shape index (κ2) is 8.14. The lowest BCUT2D eigenvalue weighted by Gasteiger charge is -2.24. The highest BCUT2D eigenvalue weighted by Crippen LogP contribution is 2.20. The predicted molar refractivity (Wildman–Crippen MR) is 85.4 cm³/mol. The zero-order valence-corrected chi connectivity index (χ0v) is 14.4. The number of hydrogen-bond donors (Lipinski definition) is 0. The Labute approximate surface area is 134 Å². The van der Waals surface area contributed by atoms with E-state index in [-0.39, 0.29) is 18.4 Å². The fourth-order valence-electron chi connectivity index (χ4n) is 1.77. The first kappa shape index (κ1) is 17.7. The molecule has 1 aromatic carbocycles. The molecule has 0 unspecified atom stereocenters. The summed E-state index contributed by atoms with van der Waals surface area (Å²) in [4.78, 5) is 27.5. The van der Waals surface area contributed by atoms with Gasteiger partial charge in [-0.05, 0) is 24.6 Å². The minimum atomic E-state index is -0.166. The van der Waals surface area contributed by atoms with Crippen LogP contribution in [0.3, 0.4) is 0 Å². The van der Waals surface area contributed by atoms with Crippen LogP contribution in [0.5, 0.6) is 0 Å². The first-order valence-corrected chi connectivity index (χ1v) is 7.41. The van der Waals surface area contributed by atoms with E-state index in [0.717, 1.165) is 10.0 Å². The third kappa shape index (κ3) is 4.82. The van der Waals surface area contributed by atoms with Crippen LogP contribution in [-0.4, -0.2) is 62.5 Å². The molecule has 6 heteroatoms. The van der Waals surface area contributed by atoms with Crippen LogP contribution in [0.15, 0.2) is 22.7 Å². The Balaban J connectivity index is 2.98. The van der Waals surface area contributed by atoms with Crippen LogP contribution in [0, 0.1) is 6.92 Å². The van der Waals surface area contributed by atoms with Gasteiger partial charge in [-0.1, -0.05) is 22.0 Å². The highest BCUT2D eigenvalue weighted by molar-refractivity contribution is 9.10. The third-order valence-corrected chi connectivity index (χ3v) is 4.03. The molecule has 0 aliphatic rings. The lowest BCUT2D eigenvalue weighted by molar-refractivity contribution is -0.129. The number of rotatable bonds is 6. The number of nitrogens with zero attached hydrogens (tertiary/aromatic N) is 2. The first-order chi connectivity index (χ1) is 9.88. The summed E-state index contributed by atoms with van der Waals surface area (Å²) in [5.41, 5.74) is 1.45. The van der Waals surface area contributed by atoms with Crippen molar-refractivity contribution in [1.29, 1.82) is 0 Å². The Kier molecular flexibility index (Phi) is 6.84. The number of methoxy groups -OCH3 is 1. The van der Waals surface area contributed by atoms with Crippen LogP contribution in [0.25, 0.3) is 0 Å². The topological polar surface area (TPSA) is 49.9 Å². The maximum absolute atomic E-state index is 12.7.